The third-order valence-electron chi connectivity index (χ3n) is 3.49. The van der Waals surface area contributed by atoms with Crippen LogP contribution in [0, 0.1) is 6.92 Å². The molecule has 1 heterocycles. The van der Waals surface area contributed by atoms with Gasteiger partial charge in [-0.25, -0.2) is 0 Å². The van der Waals surface area contributed by atoms with Gasteiger partial charge in [-0.2, -0.15) is 11.3 Å². The number of nitrogens with one attached hydrogen (secondary N) is 1. The Kier molecular flexibility index (Phi) is 5.53. The number of carbonyl (C=O) groups is 1. The monoisotopic (exact) mass is 302 g/mol. The van der Waals surface area contributed by atoms with Crippen LogP contribution in [0.4, 0.5) is 0 Å². The van der Waals surface area contributed by atoms with E-state index in [0.717, 1.165) is 5.56 Å². The van der Waals surface area contributed by atoms with Gasteiger partial charge in [-0.3, -0.25) is 4.79 Å². The van der Waals surface area contributed by atoms with Gasteiger partial charge in [0.05, 0.1) is 12.5 Å². The van der Waals surface area contributed by atoms with Gasteiger partial charge in [0.25, 0.3) is 0 Å². The molecule has 21 heavy (non-hydrogen) atoms. The summed E-state index contributed by atoms with van der Waals surface area (Å²) < 4.78 is 0. The SMILES string of the molecule is Cc1cccc(CC(=O)NC[C@H](c2ccsc2)N(C)C)c1. The third kappa shape index (κ3) is 4.69. The Bertz CT molecular complexity index is 578. The minimum absolute atomic E-state index is 0.0719. The summed E-state index contributed by atoms with van der Waals surface area (Å²) in [5.74, 6) is 0.0719. The van der Waals surface area contributed by atoms with E-state index >= 15 is 0 Å². The van der Waals surface area contributed by atoms with Crippen molar-refractivity contribution in [2.75, 3.05) is 20.6 Å². The number of aryl methyl sites for hydroxylation is 1. The van der Waals surface area contributed by atoms with E-state index < -0.39 is 0 Å². The fourth-order valence-corrected chi connectivity index (χ4v) is 3.05. The molecule has 0 spiro atoms. The van der Waals surface area contributed by atoms with Gasteiger partial charge in [0.1, 0.15) is 0 Å². The van der Waals surface area contributed by atoms with E-state index in [-0.39, 0.29) is 11.9 Å². The van der Waals surface area contributed by atoms with Crippen LogP contribution in [0.15, 0.2) is 41.1 Å². The third-order valence-corrected chi connectivity index (χ3v) is 4.19. The maximum Gasteiger partial charge on any atom is 0.224 e. The number of nitrogens with zero attached hydrogens (tertiary/aromatic N) is 1. The number of benzene rings is 1. The Balaban J connectivity index is 1.90. The largest absolute Gasteiger partial charge is 0.354 e. The maximum absolute atomic E-state index is 12.1. The van der Waals surface area contributed by atoms with Crippen LogP contribution in [0.5, 0.6) is 0 Å². The zero-order valence-electron chi connectivity index (χ0n) is 12.8. The highest BCUT2D eigenvalue weighted by molar-refractivity contribution is 7.07. The second kappa shape index (κ2) is 7.38. The van der Waals surface area contributed by atoms with Crippen molar-refractivity contribution in [2.24, 2.45) is 0 Å². The summed E-state index contributed by atoms with van der Waals surface area (Å²) in [6, 6.07) is 10.4. The fourth-order valence-electron chi connectivity index (χ4n) is 2.34. The van der Waals surface area contributed by atoms with Crippen molar-refractivity contribution < 1.29 is 4.79 Å². The maximum atomic E-state index is 12.1. The predicted octanol–water partition coefficient (Wildman–Crippen LogP) is 3.02. The van der Waals surface area contributed by atoms with Gasteiger partial charge in [-0.15, -0.1) is 0 Å². The molecule has 3 nitrogen and oxygen atoms in total. The fraction of sp³-hybridized carbons (Fsp3) is 0.353. The van der Waals surface area contributed by atoms with Crippen LogP contribution >= 0.6 is 11.3 Å². The molecule has 0 unspecified atom stereocenters. The van der Waals surface area contributed by atoms with Crippen LogP contribution in [0.3, 0.4) is 0 Å². The zero-order chi connectivity index (χ0) is 15.2. The summed E-state index contributed by atoms with van der Waals surface area (Å²) in [6.07, 6.45) is 0.436. The molecule has 4 heteroatoms. The molecule has 1 aromatic heterocycles. The lowest BCUT2D eigenvalue weighted by molar-refractivity contribution is -0.120. The van der Waals surface area contributed by atoms with Crippen LogP contribution in [-0.4, -0.2) is 31.4 Å². The summed E-state index contributed by atoms with van der Waals surface area (Å²) >= 11 is 1.68. The van der Waals surface area contributed by atoms with Crippen molar-refractivity contribution >= 4 is 17.2 Å². The Morgan fingerprint density at radius 1 is 1.33 bits per heavy atom. The molecule has 1 amide bonds. The molecule has 0 aliphatic rings. The van der Waals surface area contributed by atoms with E-state index in [4.69, 9.17) is 0 Å². The van der Waals surface area contributed by atoms with Crippen LogP contribution in [0.25, 0.3) is 0 Å². The van der Waals surface area contributed by atoms with E-state index in [1.54, 1.807) is 11.3 Å². The minimum atomic E-state index is 0.0719. The van der Waals surface area contributed by atoms with Gasteiger partial charge in [0, 0.05) is 6.54 Å². The van der Waals surface area contributed by atoms with E-state index in [0.29, 0.717) is 13.0 Å². The molecular formula is C17H22N2OS. The van der Waals surface area contributed by atoms with E-state index in [1.165, 1.54) is 11.1 Å². The molecule has 0 radical (unpaired) electrons. The first-order chi connectivity index (χ1) is 10.1. The first kappa shape index (κ1) is 15.7. The first-order valence-corrected chi connectivity index (χ1v) is 8.01. The molecule has 2 rings (SSSR count). The molecule has 0 bridgehead atoms. The molecule has 2 aromatic rings. The van der Waals surface area contributed by atoms with Crippen molar-refractivity contribution in [1.29, 1.82) is 0 Å². The van der Waals surface area contributed by atoms with Crippen molar-refractivity contribution in [2.45, 2.75) is 19.4 Å². The predicted molar refractivity (Wildman–Crippen MR) is 88.6 cm³/mol. The average molecular weight is 302 g/mol. The highest BCUT2D eigenvalue weighted by Gasteiger charge is 2.15. The van der Waals surface area contributed by atoms with Gasteiger partial charge in [-0.05, 0) is 49.0 Å². The standard InChI is InChI=1S/C17H22N2OS/c1-13-5-4-6-14(9-13)10-17(20)18-11-16(19(2)3)15-7-8-21-12-15/h4-9,12,16H,10-11H2,1-3H3,(H,18,20)/t16-/m1/s1. The van der Waals surface area contributed by atoms with Crippen LogP contribution < -0.4 is 5.32 Å². The highest BCUT2D eigenvalue weighted by Crippen LogP contribution is 2.20. The van der Waals surface area contributed by atoms with Gasteiger partial charge in [0.2, 0.25) is 5.91 Å². The lowest BCUT2D eigenvalue weighted by atomic mass is 10.1. The number of amides is 1. The van der Waals surface area contributed by atoms with Gasteiger partial charge in [0.15, 0.2) is 0 Å². The van der Waals surface area contributed by atoms with E-state index in [9.17, 15) is 4.79 Å². The molecule has 112 valence electrons. The quantitative estimate of drug-likeness (QED) is 0.889. The van der Waals surface area contributed by atoms with Crippen molar-refractivity contribution in [3.8, 4) is 0 Å². The van der Waals surface area contributed by atoms with Gasteiger partial charge >= 0.3 is 0 Å². The Morgan fingerprint density at radius 2 is 2.14 bits per heavy atom. The summed E-state index contributed by atoms with van der Waals surface area (Å²) in [7, 11) is 4.07. The smallest absolute Gasteiger partial charge is 0.224 e. The number of hydrogen-bond acceptors (Lipinski definition) is 3. The topological polar surface area (TPSA) is 32.3 Å². The number of likely N-dealkylation sites (N-methyl/N-ethyl adjacent to an activating group) is 1. The zero-order valence-corrected chi connectivity index (χ0v) is 13.6. The lowest BCUT2D eigenvalue weighted by Crippen LogP contribution is -2.35. The van der Waals surface area contributed by atoms with Crippen LogP contribution in [0.2, 0.25) is 0 Å². The summed E-state index contributed by atoms with van der Waals surface area (Å²) in [6.45, 7) is 2.68. The number of hydrogen-bond donors (Lipinski definition) is 1. The van der Waals surface area contributed by atoms with Crippen molar-refractivity contribution in [1.82, 2.24) is 10.2 Å². The molecular weight excluding hydrogens is 280 g/mol. The molecule has 1 aromatic carbocycles. The first-order valence-electron chi connectivity index (χ1n) is 7.07. The molecule has 0 aliphatic heterocycles. The molecule has 0 saturated heterocycles. The summed E-state index contributed by atoms with van der Waals surface area (Å²) in [5.41, 5.74) is 3.50. The lowest BCUT2D eigenvalue weighted by Gasteiger charge is -2.24. The molecule has 0 saturated carbocycles. The second-order valence-corrected chi connectivity index (χ2v) is 6.29. The van der Waals surface area contributed by atoms with Crippen LogP contribution in [0.1, 0.15) is 22.7 Å². The second-order valence-electron chi connectivity index (χ2n) is 5.51. The van der Waals surface area contributed by atoms with E-state index in [1.807, 2.05) is 39.2 Å². The molecule has 1 atom stereocenters. The number of thiophene rings is 1. The molecule has 1 N–H and O–H groups in total. The molecule has 0 fully saturated rings. The Labute approximate surface area is 130 Å². The Hall–Kier alpha value is -1.65. The number of carbonyl (C=O) groups excluding carboxylic acids is 1. The molecule has 0 aliphatic carbocycles. The summed E-state index contributed by atoms with van der Waals surface area (Å²) in [4.78, 5) is 14.2. The summed E-state index contributed by atoms with van der Waals surface area (Å²) in [5, 5.41) is 7.25. The number of rotatable bonds is 6. The normalized spacial score (nSPS) is 12.4. The van der Waals surface area contributed by atoms with Crippen LogP contribution in [-0.2, 0) is 11.2 Å². The van der Waals surface area contributed by atoms with E-state index in [2.05, 4.69) is 33.1 Å². The van der Waals surface area contributed by atoms with Crippen molar-refractivity contribution in [3.63, 3.8) is 0 Å². The highest BCUT2D eigenvalue weighted by atomic mass is 32.1. The van der Waals surface area contributed by atoms with Gasteiger partial charge in [-0.1, -0.05) is 29.8 Å². The van der Waals surface area contributed by atoms with Crippen molar-refractivity contribution in [3.05, 3.63) is 57.8 Å². The Morgan fingerprint density at radius 3 is 2.76 bits per heavy atom. The average Bonchev–Trinajstić information content (AvgIpc) is 2.92. The van der Waals surface area contributed by atoms with Gasteiger partial charge < -0.3 is 10.2 Å². The minimum Gasteiger partial charge on any atom is -0.354 e.